The minimum absolute atomic E-state index is 0.00214. The fourth-order valence-electron chi connectivity index (χ4n) is 2.54. The van der Waals surface area contributed by atoms with Crippen LogP contribution in [0.1, 0.15) is 0 Å². The second-order valence-corrected chi connectivity index (χ2v) is 5.18. The van der Waals surface area contributed by atoms with Gasteiger partial charge in [-0.3, -0.25) is 0 Å². The lowest BCUT2D eigenvalue weighted by molar-refractivity contribution is 1.27. The SMILES string of the molecule is Nc1c(N)c(N)c2c(c1N)Nc1c(N)c(N)c(N)c(N)c1N2[O-]. The normalized spacial score (nSPS) is 12.5. The largest absolute Gasteiger partial charge is 0.754 e. The summed E-state index contributed by atoms with van der Waals surface area (Å²) in [6, 6.07) is 0. The van der Waals surface area contributed by atoms with Crippen molar-refractivity contribution in [1.29, 1.82) is 0 Å². The molecular weight excluding hydrogens is 300 g/mol. The van der Waals surface area contributed by atoms with E-state index in [1.54, 1.807) is 0 Å². The average molecular weight is 317 g/mol. The number of hydrogen-bond acceptors (Lipinski definition) is 11. The van der Waals surface area contributed by atoms with E-state index in [0.29, 0.717) is 5.06 Å². The smallest absolute Gasteiger partial charge is 0.0896 e. The molecule has 17 N–H and O–H groups in total. The Labute approximate surface area is 130 Å². The minimum Gasteiger partial charge on any atom is -0.754 e. The Morgan fingerprint density at radius 2 is 0.826 bits per heavy atom. The number of fused-ring (bicyclic) bond motifs is 2. The van der Waals surface area contributed by atoms with Crippen molar-refractivity contribution in [2.24, 2.45) is 0 Å². The summed E-state index contributed by atoms with van der Waals surface area (Å²) in [5.74, 6) is 0. The van der Waals surface area contributed by atoms with E-state index < -0.39 is 0 Å². The predicted octanol–water partition coefficient (Wildman–Crippen LogP) is 0.0371. The highest BCUT2D eigenvalue weighted by atomic mass is 16.5. The zero-order chi connectivity index (χ0) is 17.2. The number of nitrogens with zero attached hydrogens (tertiary/aromatic N) is 1. The van der Waals surface area contributed by atoms with Crippen LogP contribution in [-0.4, -0.2) is 0 Å². The molecule has 0 saturated heterocycles. The highest BCUT2D eigenvalue weighted by Crippen LogP contribution is 2.58. The lowest BCUT2D eigenvalue weighted by atomic mass is 10.0. The Morgan fingerprint density at radius 1 is 0.522 bits per heavy atom. The lowest BCUT2D eigenvalue weighted by Crippen LogP contribution is -2.23. The van der Waals surface area contributed by atoms with Crippen molar-refractivity contribution in [3.63, 3.8) is 0 Å². The molecule has 0 spiro atoms. The molecule has 11 nitrogen and oxygen atoms in total. The maximum absolute atomic E-state index is 12.8. The van der Waals surface area contributed by atoms with Crippen molar-refractivity contribution in [3.05, 3.63) is 5.21 Å². The first-order valence-corrected chi connectivity index (χ1v) is 6.44. The van der Waals surface area contributed by atoms with Gasteiger partial charge in [0.2, 0.25) is 0 Å². The molecule has 3 rings (SSSR count). The molecule has 1 aliphatic heterocycles. The number of anilines is 12. The van der Waals surface area contributed by atoms with E-state index in [2.05, 4.69) is 5.32 Å². The molecule has 0 fully saturated rings. The molecule has 1 heterocycles. The van der Waals surface area contributed by atoms with Crippen LogP contribution in [0, 0.1) is 5.21 Å². The van der Waals surface area contributed by atoms with E-state index in [9.17, 15) is 5.21 Å². The monoisotopic (exact) mass is 317 g/mol. The number of nitrogens with one attached hydrogen (secondary N) is 1. The molecule has 0 amide bonds. The first-order valence-electron chi connectivity index (χ1n) is 6.44. The van der Waals surface area contributed by atoms with Gasteiger partial charge in [-0.2, -0.15) is 0 Å². The van der Waals surface area contributed by atoms with E-state index in [1.165, 1.54) is 0 Å². The van der Waals surface area contributed by atoms with Crippen LogP contribution in [0.25, 0.3) is 0 Å². The van der Waals surface area contributed by atoms with Gasteiger partial charge in [-0.1, -0.05) is 0 Å². The van der Waals surface area contributed by atoms with Gasteiger partial charge in [0.1, 0.15) is 0 Å². The van der Waals surface area contributed by atoms with Gasteiger partial charge in [-0.25, -0.2) is 0 Å². The lowest BCUT2D eigenvalue weighted by Gasteiger charge is -2.42. The quantitative estimate of drug-likeness (QED) is 0.293. The van der Waals surface area contributed by atoms with Crippen molar-refractivity contribution in [1.82, 2.24) is 0 Å². The van der Waals surface area contributed by atoms with Crippen LogP contribution in [0.15, 0.2) is 0 Å². The van der Waals surface area contributed by atoms with Gasteiger partial charge in [0.25, 0.3) is 0 Å². The van der Waals surface area contributed by atoms with Crippen LogP contribution in [-0.2, 0) is 0 Å². The van der Waals surface area contributed by atoms with Crippen LogP contribution in [0.3, 0.4) is 0 Å². The summed E-state index contributed by atoms with van der Waals surface area (Å²) >= 11 is 0. The third-order valence-corrected chi connectivity index (χ3v) is 3.92. The first kappa shape index (κ1) is 14.3. The van der Waals surface area contributed by atoms with Crippen LogP contribution >= 0.6 is 0 Å². The van der Waals surface area contributed by atoms with Crippen molar-refractivity contribution in [3.8, 4) is 0 Å². The summed E-state index contributed by atoms with van der Waals surface area (Å²) in [5.41, 5.74) is 47.3. The number of rotatable bonds is 0. The third-order valence-electron chi connectivity index (χ3n) is 3.92. The maximum atomic E-state index is 12.8. The number of hydrogen-bond donors (Lipinski definition) is 9. The van der Waals surface area contributed by atoms with Crippen molar-refractivity contribution < 1.29 is 0 Å². The molecule has 122 valence electrons. The molecule has 0 radical (unpaired) electrons. The molecule has 0 atom stereocenters. The van der Waals surface area contributed by atoms with Crippen LogP contribution in [0.4, 0.5) is 68.2 Å². The number of nitrogen functional groups attached to an aromatic ring is 8. The molecule has 0 bridgehead atoms. The Morgan fingerprint density at radius 3 is 1.17 bits per heavy atom. The van der Waals surface area contributed by atoms with Gasteiger partial charge in [0, 0.05) is 0 Å². The van der Waals surface area contributed by atoms with Gasteiger partial charge in [0.05, 0.1) is 68.2 Å². The summed E-state index contributed by atoms with van der Waals surface area (Å²) in [5, 5.41) is 16.2. The number of nitrogens with two attached hydrogens (primary N) is 8. The molecular formula is C12H17N10O-. The van der Waals surface area contributed by atoms with Crippen LogP contribution in [0.5, 0.6) is 0 Å². The molecule has 0 unspecified atom stereocenters. The Bertz CT molecular complexity index is 793. The van der Waals surface area contributed by atoms with Gasteiger partial charge < -0.3 is 61.5 Å². The fraction of sp³-hybridized carbons (Fsp3) is 0. The standard InChI is InChI=1S/C12H17N10O/c13-1-3(15)7(19)11-9(5(1)17)21-10-6(18)2(14)4(16)8(20)12(10)22(11)23/h21H,13-20H2/q-1. The predicted molar refractivity (Wildman–Crippen MR) is 97.0 cm³/mol. The molecule has 11 heteroatoms. The van der Waals surface area contributed by atoms with Gasteiger partial charge in [-0.15, -0.1) is 0 Å². The zero-order valence-corrected chi connectivity index (χ0v) is 12.0. The second kappa shape index (κ2) is 4.20. The summed E-state index contributed by atoms with van der Waals surface area (Å²) in [7, 11) is 0. The summed E-state index contributed by atoms with van der Waals surface area (Å²) in [6.07, 6.45) is 0. The maximum Gasteiger partial charge on any atom is 0.0896 e. The average Bonchev–Trinajstić information content (AvgIpc) is 2.53. The minimum atomic E-state index is -0.0341. The number of benzene rings is 2. The summed E-state index contributed by atoms with van der Waals surface area (Å²) in [6.45, 7) is 0. The molecule has 2 aromatic carbocycles. The van der Waals surface area contributed by atoms with Crippen LogP contribution < -0.4 is 56.2 Å². The van der Waals surface area contributed by atoms with Gasteiger partial charge in [0.15, 0.2) is 0 Å². The second-order valence-electron chi connectivity index (χ2n) is 5.18. The Balaban J connectivity index is 2.40. The van der Waals surface area contributed by atoms with Gasteiger partial charge in [-0.05, 0) is 0 Å². The van der Waals surface area contributed by atoms with Crippen molar-refractivity contribution in [2.75, 3.05) is 56.2 Å². The summed E-state index contributed by atoms with van der Waals surface area (Å²) in [4.78, 5) is 0. The highest BCUT2D eigenvalue weighted by molar-refractivity contribution is 6.16. The Hall–Kier alpha value is -3.60. The fourth-order valence-corrected chi connectivity index (χ4v) is 2.54. The summed E-state index contributed by atoms with van der Waals surface area (Å²) < 4.78 is 0. The molecule has 1 aliphatic rings. The van der Waals surface area contributed by atoms with E-state index in [-0.39, 0.29) is 68.2 Å². The molecule has 0 aromatic heterocycles. The van der Waals surface area contributed by atoms with Crippen molar-refractivity contribution >= 4 is 68.2 Å². The van der Waals surface area contributed by atoms with Gasteiger partial charge >= 0.3 is 0 Å². The third kappa shape index (κ3) is 1.56. The van der Waals surface area contributed by atoms with E-state index in [0.717, 1.165) is 0 Å². The Kier molecular flexibility index (Phi) is 2.62. The topological polar surface area (TPSA) is 246 Å². The zero-order valence-electron chi connectivity index (χ0n) is 12.0. The van der Waals surface area contributed by atoms with Crippen LogP contribution in [0.2, 0.25) is 0 Å². The molecule has 23 heavy (non-hydrogen) atoms. The first-order chi connectivity index (χ1) is 10.7. The van der Waals surface area contributed by atoms with E-state index in [1.807, 2.05) is 0 Å². The molecule has 0 aliphatic carbocycles. The molecule has 2 aromatic rings. The van der Waals surface area contributed by atoms with Crippen molar-refractivity contribution in [2.45, 2.75) is 0 Å². The van der Waals surface area contributed by atoms with E-state index in [4.69, 9.17) is 45.9 Å². The van der Waals surface area contributed by atoms with E-state index >= 15 is 0 Å². The molecule has 0 saturated carbocycles. The highest BCUT2D eigenvalue weighted by Gasteiger charge is 2.30.